The molecule has 0 heterocycles. The molecule has 0 fully saturated rings. The number of carbonyl (C=O) groups excluding carboxylic acids is 2. The molecule has 0 aliphatic carbocycles. The van der Waals surface area contributed by atoms with Gasteiger partial charge in [0.15, 0.2) is 0 Å². The Morgan fingerprint density at radius 2 is 1.55 bits per heavy atom. The summed E-state index contributed by atoms with van der Waals surface area (Å²) >= 11 is 1.37. The number of rotatable bonds is 8. The summed E-state index contributed by atoms with van der Waals surface area (Å²) in [6.45, 7) is 6.08. The van der Waals surface area contributed by atoms with E-state index in [-0.39, 0.29) is 5.97 Å². The maximum Gasteiger partial charge on any atom is 0.354 e. The third-order valence-corrected chi connectivity index (χ3v) is 3.04. The first-order valence-corrected chi connectivity index (χ1v) is 7.52. The number of hydrogen-bond donors (Lipinski definition) is 0. The lowest BCUT2D eigenvalue weighted by molar-refractivity contribution is -0.140. The molecule has 20 heavy (non-hydrogen) atoms. The molecule has 0 spiro atoms. The van der Waals surface area contributed by atoms with Crippen LogP contribution >= 0.6 is 11.8 Å². The fourth-order valence-electron chi connectivity index (χ4n) is 1.29. The van der Waals surface area contributed by atoms with Gasteiger partial charge in [-0.05, 0) is 31.8 Å². The van der Waals surface area contributed by atoms with Crippen molar-refractivity contribution in [3.63, 3.8) is 0 Å². The van der Waals surface area contributed by atoms with Crippen molar-refractivity contribution in [3.8, 4) is 0 Å². The van der Waals surface area contributed by atoms with Crippen LogP contribution in [0.15, 0.2) is 22.8 Å². The standard InChI is InChI=1S/C14H23NO4S/c1-6-18-13(16)11(15(4)5)9-10-12(20-8-3)14(17)19-7-2/h9-10H,6-8H2,1-5H3/b11-9-,12-10-. The monoisotopic (exact) mass is 301 g/mol. The Balaban J connectivity index is 5.20. The molecule has 0 unspecified atom stereocenters. The first-order chi connectivity index (χ1) is 9.47. The van der Waals surface area contributed by atoms with Crippen molar-refractivity contribution in [3.05, 3.63) is 22.8 Å². The summed E-state index contributed by atoms with van der Waals surface area (Å²) in [5.41, 5.74) is 0.380. The van der Waals surface area contributed by atoms with Gasteiger partial charge in [0.2, 0.25) is 0 Å². The van der Waals surface area contributed by atoms with Crippen LogP contribution in [-0.2, 0) is 19.1 Å². The van der Waals surface area contributed by atoms with E-state index in [9.17, 15) is 9.59 Å². The fraction of sp³-hybridized carbons (Fsp3) is 0.571. The van der Waals surface area contributed by atoms with Crippen LogP contribution in [0.3, 0.4) is 0 Å². The van der Waals surface area contributed by atoms with Gasteiger partial charge in [0, 0.05) is 14.1 Å². The maximum atomic E-state index is 11.8. The molecule has 0 aromatic heterocycles. The molecule has 0 amide bonds. The highest BCUT2D eigenvalue weighted by Gasteiger charge is 2.14. The molecule has 0 saturated carbocycles. The van der Waals surface area contributed by atoms with Gasteiger partial charge in [-0.25, -0.2) is 9.59 Å². The zero-order valence-corrected chi connectivity index (χ0v) is 13.6. The second-order valence-corrected chi connectivity index (χ2v) is 5.16. The zero-order valence-electron chi connectivity index (χ0n) is 12.8. The second-order valence-electron chi connectivity index (χ2n) is 3.85. The van der Waals surface area contributed by atoms with E-state index in [1.807, 2.05) is 6.92 Å². The van der Waals surface area contributed by atoms with Crippen molar-refractivity contribution in [2.24, 2.45) is 0 Å². The van der Waals surface area contributed by atoms with Crippen LogP contribution in [0.25, 0.3) is 0 Å². The predicted molar refractivity (Wildman–Crippen MR) is 81.3 cm³/mol. The molecule has 6 heteroatoms. The minimum absolute atomic E-state index is 0.308. The average Bonchev–Trinajstić information content (AvgIpc) is 2.37. The van der Waals surface area contributed by atoms with E-state index < -0.39 is 5.97 Å². The SMILES string of the molecule is CCOC(=O)/C(=C/C=C(/C(=O)OCC)N(C)C)SCC. The summed E-state index contributed by atoms with van der Waals surface area (Å²) in [6, 6.07) is 0. The predicted octanol–water partition coefficient (Wildman–Crippen LogP) is 2.20. The number of nitrogens with zero attached hydrogens (tertiary/aromatic N) is 1. The fourth-order valence-corrected chi connectivity index (χ4v) is 1.94. The molecule has 0 aromatic rings. The molecule has 0 radical (unpaired) electrons. The third kappa shape index (κ3) is 6.65. The van der Waals surface area contributed by atoms with Crippen molar-refractivity contribution >= 4 is 23.7 Å². The quantitative estimate of drug-likeness (QED) is 0.389. The van der Waals surface area contributed by atoms with Gasteiger partial charge >= 0.3 is 11.9 Å². The molecule has 0 rings (SSSR count). The lowest BCUT2D eigenvalue weighted by Gasteiger charge is -2.15. The number of allylic oxidation sites excluding steroid dienone is 2. The van der Waals surface area contributed by atoms with Gasteiger partial charge in [-0.1, -0.05) is 6.92 Å². The number of thioether (sulfide) groups is 1. The summed E-state index contributed by atoms with van der Waals surface area (Å²) in [5, 5.41) is 0. The van der Waals surface area contributed by atoms with E-state index in [4.69, 9.17) is 9.47 Å². The average molecular weight is 301 g/mol. The first-order valence-electron chi connectivity index (χ1n) is 6.54. The number of likely N-dealkylation sites (N-methyl/N-ethyl adjacent to an activating group) is 1. The van der Waals surface area contributed by atoms with Crippen molar-refractivity contribution < 1.29 is 19.1 Å². The molecule has 0 N–H and O–H groups in total. The van der Waals surface area contributed by atoms with Crippen molar-refractivity contribution in [2.75, 3.05) is 33.1 Å². The molecule has 0 aliphatic heterocycles. The minimum Gasteiger partial charge on any atom is -0.462 e. The van der Waals surface area contributed by atoms with Gasteiger partial charge in [0.05, 0.1) is 18.1 Å². The van der Waals surface area contributed by atoms with E-state index in [2.05, 4.69) is 0 Å². The lowest BCUT2D eigenvalue weighted by atomic mass is 10.3. The number of carbonyl (C=O) groups is 2. The van der Waals surface area contributed by atoms with Crippen LogP contribution < -0.4 is 0 Å². The summed E-state index contributed by atoms with van der Waals surface area (Å²) in [7, 11) is 3.49. The Labute approximate surface area is 125 Å². The third-order valence-electron chi connectivity index (χ3n) is 2.14. The zero-order chi connectivity index (χ0) is 15.5. The Morgan fingerprint density at radius 3 is 2.00 bits per heavy atom. The highest BCUT2D eigenvalue weighted by molar-refractivity contribution is 8.03. The van der Waals surface area contributed by atoms with Crippen molar-refractivity contribution in [1.29, 1.82) is 0 Å². The van der Waals surface area contributed by atoms with Gasteiger partial charge in [-0.3, -0.25) is 0 Å². The smallest absolute Gasteiger partial charge is 0.354 e. The van der Waals surface area contributed by atoms with Crippen molar-refractivity contribution in [2.45, 2.75) is 20.8 Å². The molecular weight excluding hydrogens is 278 g/mol. The maximum absolute atomic E-state index is 11.8. The lowest BCUT2D eigenvalue weighted by Crippen LogP contribution is -2.21. The van der Waals surface area contributed by atoms with Crippen LogP contribution in [0.2, 0.25) is 0 Å². The molecule has 0 aliphatic rings. The van der Waals surface area contributed by atoms with E-state index in [1.54, 1.807) is 45.0 Å². The normalized spacial score (nSPS) is 12.1. The summed E-state index contributed by atoms with van der Waals surface area (Å²) in [5.74, 6) is -0.0501. The minimum atomic E-state index is -0.418. The molecule has 5 nitrogen and oxygen atoms in total. The molecule has 0 atom stereocenters. The van der Waals surface area contributed by atoms with Gasteiger partial charge in [-0.2, -0.15) is 0 Å². The Kier molecular flexibility index (Phi) is 9.63. The van der Waals surface area contributed by atoms with Crippen LogP contribution in [-0.4, -0.2) is 49.9 Å². The van der Waals surface area contributed by atoms with Gasteiger partial charge in [0.1, 0.15) is 5.70 Å². The molecule has 0 bridgehead atoms. The van der Waals surface area contributed by atoms with Crippen molar-refractivity contribution in [1.82, 2.24) is 4.90 Å². The van der Waals surface area contributed by atoms with Crippen LogP contribution in [0.5, 0.6) is 0 Å². The molecule has 0 aromatic carbocycles. The molecule has 0 saturated heterocycles. The van der Waals surface area contributed by atoms with E-state index >= 15 is 0 Å². The Bertz CT molecular complexity index is 389. The summed E-state index contributed by atoms with van der Waals surface area (Å²) in [4.78, 5) is 25.6. The first kappa shape index (κ1) is 18.6. The largest absolute Gasteiger partial charge is 0.462 e. The summed E-state index contributed by atoms with van der Waals surface area (Å²) in [6.07, 6.45) is 3.17. The van der Waals surface area contributed by atoms with Crippen LogP contribution in [0, 0.1) is 0 Å². The van der Waals surface area contributed by atoms with Crippen LogP contribution in [0.1, 0.15) is 20.8 Å². The van der Waals surface area contributed by atoms with E-state index in [0.29, 0.717) is 23.8 Å². The Morgan fingerprint density at radius 1 is 1.00 bits per heavy atom. The summed E-state index contributed by atoms with van der Waals surface area (Å²) < 4.78 is 9.93. The van der Waals surface area contributed by atoms with Gasteiger partial charge < -0.3 is 14.4 Å². The highest BCUT2D eigenvalue weighted by atomic mass is 32.2. The second kappa shape index (κ2) is 10.4. The topological polar surface area (TPSA) is 55.8 Å². The number of esters is 2. The van der Waals surface area contributed by atoms with Crippen LogP contribution in [0.4, 0.5) is 0 Å². The molecular formula is C14H23NO4S. The molecule has 114 valence electrons. The van der Waals surface area contributed by atoms with E-state index in [1.165, 1.54) is 11.8 Å². The van der Waals surface area contributed by atoms with E-state index in [0.717, 1.165) is 5.75 Å². The van der Waals surface area contributed by atoms with Gasteiger partial charge in [-0.15, -0.1) is 11.8 Å². The Hall–Kier alpha value is -1.43. The number of ether oxygens (including phenoxy) is 2. The highest BCUT2D eigenvalue weighted by Crippen LogP contribution is 2.18. The number of hydrogen-bond acceptors (Lipinski definition) is 6. The van der Waals surface area contributed by atoms with Gasteiger partial charge in [0.25, 0.3) is 0 Å².